The summed E-state index contributed by atoms with van der Waals surface area (Å²) < 4.78 is 1.97. The van der Waals surface area contributed by atoms with Crippen molar-refractivity contribution >= 4 is 22.7 Å². The molecule has 0 fully saturated rings. The smallest absolute Gasteiger partial charge is 0.151 e. The van der Waals surface area contributed by atoms with Gasteiger partial charge in [0.25, 0.3) is 0 Å². The number of benzene rings is 2. The predicted molar refractivity (Wildman–Crippen MR) is 94.9 cm³/mol. The molecule has 0 radical (unpaired) electrons. The third kappa shape index (κ3) is 2.64. The molecule has 3 heteroatoms. The van der Waals surface area contributed by atoms with Gasteiger partial charge in [-0.25, -0.2) is 4.98 Å². The summed E-state index contributed by atoms with van der Waals surface area (Å²) in [5.74, 6) is 0.700. The molecule has 0 amide bonds. The first-order chi connectivity index (χ1) is 11.0. The largest absolute Gasteiger partial charge is 0.327 e. The van der Waals surface area contributed by atoms with Crippen LogP contribution in [0, 0.1) is 32.1 Å². The highest BCUT2D eigenvalue weighted by atomic mass is 15.1. The summed E-state index contributed by atoms with van der Waals surface area (Å²) in [5.41, 5.74) is 7.24. The quantitative estimate of drug-likeness (QED) is 0.651. The Labute approximate surface area is 136 Å². The van der Waals surface area contributed by atoms with Gasteiger partial charge in [-0.1, -0.05) is 24.3 Å². The van der Waals surface area contributed by atoms with Gasteiger partial charge in [-0.15, -0.1) is 0 Å². The Morgan fingerprint density at radius 1 is 1.09 bits per heavy atom. The summed E-state index contributed by atoms with van der Waals surface area (Å²) in [5, 5.41) is 9.63. The van der Waals surface area contributed by atoms with Crippen LogP contribution in [0.1, 0.15) is 28.1 Å². The lowest BCUT2D eigenvalue weighted by atomic mass is 9.99. The first kappa shape index (κ1) is 15.1. The van der Waals surface area contributed by atoms with E-state index in [9.17, 15) is 5.26 Å². The van der Waals surface area contributed by atoms with Gasteiger partial charge in [-0.05, 0) is 61.2 Å². The van der Waals surface area contributed by atoms with Crippen molar-refractivity contribution in [1.82, 2.24) is 9.55 Å². The van der Waals surface area contributed by atoms with Crippen molar-refractivity contribution < 1.29 is 0 Å². The number of aryl methyl sites for hydroxylation is 4. The number of fused-ring (bicyclic) bond motifs is 1. The van der Waals surface area contributed by atoms with Gasteiger partial charge in [0.1, 0.15) is 6.07 Å². The van der Waals surface area contributed by atoms with E-state index in [2.05, 4.69) is 44.0 Å². The predicted octanol–water partition coefficient (Wildman–Crippen LogP) is 4.56. The lowest BCUT2D eigenvalue weighted by Gasteiger charge is -2.07. The van der Waals surface area contributed by atoms with Crippen LogP contribution in [-0.4, -0.2) is 9.55 Å². The second-order valence-corrected chi connectivity index (χ2v) is 5.95. The second kappa shape index (κ2) is 5.73. The second-order valence-electron chi connectivity index (χ2n) is 5.95. The van der Waals surface area contributed by atoms with Crippen molar-refractivity contribution in [2.75, 3.05) is 0 Å². The van der Waals surface area contributed by atoms with Crippen LogP contribution in [0.25, 0.3) is 22.7 Å². The molecule has 3 rings (SSSR count). The molecule has 0 unspecified atom stereocenters. The van der Waals surface area contributed by atoms with E-state index >= 15 is 0 Å². The number of hydrogen-bond donors (Lipinski definition) is 0. The number of nitrogens with zero attached hydrogens (tertiary/aromatic N) is 3. The summed E-state index contributed by atoms with van der Waals surface area (Å²) in [6.45, 7) is 6.27. The molecular formula is C20H19N3. The number of imidazole rings is 1. The Hall–Kier alpha value is -2.86. The van der Waals surface area contributed by atoms with Crippen molar-refractivity contribution in [1.29, 1.82) is 5.26 Å². The zero-order valence-electron chi connectivity index (χ0n) is 13.9. The van der Waals surface area contributed by atoms with Crippen LogP contribution in [0.15, 0.2) is 36.4 Å². The van der Waals surface area contributed by atoms with E-state index in [1.807, 2.05) is 42.0 Å². The minimum atomic E-state index is 0.579. The molecule has 1 aromatic heterocycles. The highest BCUT2D eigenvalue weighted by molar-refractivity contribution is 5.91. The highest BCUT2D eigenvalue weighted by Gasteiger charge is 2.12. The summed E-state index contributed by atoms with van der Waals surface area (Å²) in [6, 6.07) is 14.5. The van der Waals surface area contributed by atoms with Crippen molar-refractivity contribution in [2.45, 2.75) is 20.8 Å². The third-order valence-electron chi connectivity index (χ3n) is 4.33. The van der Waals surface area contributed by atoms with Crippen molar-refractivity contribution in [3.63, 3.8) is 0 Å². The van der Waals surface area contributed by atoms with Gasteiger partial charge in [0.2, 0.25) is 0 Å². The summed E-state index contributed by atoms with van der Waals surface area (Å²) in [4.78, 5) is 4.62. The maximum absolute atomic E-state index is 9.63. The summed E-state index contributed by atoms with van der Waals surface area (Å²) in [7, 11) is 1.95. The zero-order chi connectivity index (χ0) is 16.6. The average Bonchev–Trinajstić information content (AvgIpc) is 2.87. The van der Waals surface area contributed by atoms with Crippen LogP contribution in [0.4, 0.5) is 0 Å². The molecule has 3 aromatic rings. The van der Waals surface area contributed by atoms with E-state index in [0.717, 1.165) is 16.6 Å². The molecule has 1 heterocycles. The Kier molecular flexibility index (Phi) is 3.75. The maximum Gasteiger partial charge on any atom is 0.151 e. The molecule has 3 nitrogen and oxygen atoms in total. The van der Waals surface area contributed by atoms with E-state index in [1.54, 1.807) is 0 Å². The Balaban J connectivity index is 2.18. The molecule has 0 atom stereocenters. The summed E-state index contributed by atoms with van der Waals surface area (Å²) in [6.07, 6.45) is 1.93. The van der Waals surface area contributed by atoms with Crippen molar-refractivity contribution in [2.24, 2.45) is 7.05 Å². The standard InChI is InChI=1S/C20H19N3/c1-13-9-15(3)16(10-14(13)2)11-17(12-21)20-22-18-7-5-6-8-19(18)23(20)4/h5-11H,1-4H3/b17-11+. The molecule has 2 aromatic carbocycles. The lowest BCUT2D eigenvalue weighted by Crippen LogP contribution is -1.96. The first-order valence-corrected chi connectivity index (χ1v) is 7.62. The number of aromatic nitrogens is 2. The maximum atomic E-state index is 9.63. The van der Waals surface area contributed by atoms with Crippen LogP contribution in [-0.2, 0) is 7.05 Å². The highest BCUT2D eigenvalue weighted by Crippen LogP contribution is 2.24. The normalized spacial score (nSPS) is 11.7. The van der Waals surface area contributed by atoms with Crippen LogP contribution in [0.2, 0.25) is 0 Å². The fraction of sp³-hybridized carbons (Fsp3) is 0.200. The fourth-order valence-electron chi connectivity index (χ4n) is 2.83. The number of hydrogen-bond acceptors (Lipinski definition) is 2. The first-order valence-electron chi connectivity index (χ1n) is 7.62. The van der Waals surface area contributed by atoms with Gasteiger partial charge in [-0.3, -0.25) is 0 Å². The zero-order valence-corrected chi connectivity index (χ0v) is 13.9. The Morgan fingerprint density at radius 3 is 2.48 bits per heavy atom. The molecule has 0 spiro atoms. The Morgan fingerprint density at radius 2 is 1.78 bits per heavy atom. The van der Waals surface area contributed by atoms with Gasteiger partial charge < -0.3 is 4.57 Å². The molecule has 0 saturated heterocycles. The van der Waals surface area contributed by atoms with E-state index in [1.165, 1.54) is 16.7 Å². The number of nitriles is 1. The molecule has 0 aliphatic heterocycles. The van der Waals surface area contributed by atoms with E-state index < -0.39 is 0 Å². The molecule has 0 aliphatic rings. The fourth-order valence-corrected chi connectivity index (χ4v) is 2.83. The molecule has 114 valence electrons. The lowest BCUT2D eigenvalue weighted by molar-refractivity contribution is 0.925. The molecule has 0 saturated carbocycles. The van der Waals surface area contributed by atoms with Gasteiger partial charge in [0, 0.05) is 7.05 Å². The van der Waals surface area contributed by atoms with Crippen LogP contribution in [0.3, 0.4) is 0 Å². The molecule has 23 heavy (non-hydrogen) atoms. The topological polar surface area (TPSA) is 41.6 Å². The van der Waals surface area contributed by atoms with E-state index in [-0.39, 0.29) is 0 Å². The van der Waals surface area contributed by atoms with Crippen LogP contribution < -0.4 is 0 Å². The molecule has 0 N–H and O–H groups in total. The summed E-state index contributed by atoms with van der Waals surface area (Å²) >= 11 is 0. The van der Waals surface area contributed by atoms with Gasteiger partial charge >= 0.3 is 0 Å². The third-order valence-corrected chi connectivity index (χ3v) is 4.33. The van der Waals surface area contributed by atoms with Crippen molar-refractivity contribution in [3.8, 4) is 6.07 Å². The average molecular weight is 301 g/mol. The molecule has 0 bridgehead atoms. The van der Waals surface area contributed by atoms with E-state index in [0.29, 0.717) is 11.4 Å². The minimum absolute atomic E-state index is 0.579. The van der Waals surface area contributed by atoms with Crippen LogP contribution >= 0.6 is 0 Å². The minimum Gasteiger partial charge on any atom is -0.327 e. The van der Waals surface area contributed by atoms with Crippen molar-refractivity contribution in [3.05, 3.63) is 64.5 Å². The van der Waals surface area contributed by atoms with Crippen LogP contribution in [0.5, 0.6) is 0 Å². The SMILES string of the molecule is Cc1cc(C)c(/C=C(\C#N)c2nc3ccccc3n2C)cc1C. The number of rotatable bonds is 2. The van der Waals surface area contributed by atoms with Gasteiger partial charge in [-0.2, -0.15) is 5.26 Å². The number of para-hydroxylation sites is 2. The van der Waals surface area contributed by atoms with Gasteiger partial charge in [0.05, 0.1) is 16.6 Å². The molecular weight excluding hydrogens is 282 g/mol. The van der Waals surface area contributed by atoms with E-state index in [4.69, 9.17) is 0 Å². The van der Waals surface area contributed by atoms with Gasteiger partial charge in [0.15, 0.2) is 5.82 Å². The monoisotopic (exact) mass is 301 g/mol. The molecule has 0 aliphatic carbocycles. The number of allylic oxidation sites excluding steroid dienone is 1. The Bertz CT molecular complexity index is 968.